The van der Waals surface area contributed by atoms with E-state index in [1.807, 2.05) is 11.4 Å². The molecule has 2 aromatic rings. The van der Waals surface area contributed by atoms with Crippen molar-refractivity contribution in [2.45, 2.75) is 24.3 Å². The first-order valence-corrected chi connectivity index (χ1v) is 8.58. The predicted molar refractivity (Wildman–Crippen MR) is 86.7 cm³/mol. The van der Waals surface area contributed by atoms with E-state index in [1.54, 1.807) is 30.3 Å². The van der Waals surface area contributed by atoms with Crippen molar-refractivity contribution in [1.82, 2.24) is 10.9 Å². The highest BCUT2D eigenvalue weighted by molar-refractivity contribution is 7.10. The summed E-state index contributed by atoms with van der Waals surface area (Å²) in [6.45, 7) is 0.156. The molecule has 0 aliphatic carbocycles. The maximum atomic E-state index is 13.7. The third-order valence-corrected chi connectivity index (χ3v) is 5.55. The largest absolute Gasteiger partial charge is 0.307 e. The van der Waals surface area contributed by atoms with E-state index in [0.29, 0.717) is 10.6 Å². The van der Waals surface area contributed by atoms with Crippen LogP contribution in [0, 0.1) is 5.92 Å². The van der Waals surface area contributed by atoms with Crippen LogP contribution in [0.1, 0.15) is 16.9 Å². The average Bonchev–Trinajstić information content (AvgIpc) is 3.17. The van der Waals surface area contributed by atoms with Crippen molar-refractivity contribution >= 4 is 22.9 Å². The van der Waals surface area contributed by atoms with Crippen LogP contribution < -0.4 is 10.9 Å². The number of nitrogens with one attached hydrogen (secondary N) is 2. The molecule has 2 N–H and O–H groups in total. The zero-order valence-corrected chi connectivity index (χ0v) is 14.0. The summed E-state index contributed by atoms with van der Waals surface area (Å²) in [7, 11) is 0. The second-order valence-corrected chi connectivity index (χ2v) is 7.15. The fourth-order valence-electron chi connectivity index (χ4n) is 3.14. The minimum Gasteiger partial charge on any atom is -0.256 e. The number of hydrazine groups is 1. The number of thiophene rings is 1. The van der Waals surface area contributed by atoms with E-state index >= 15 is 0 Å². The summed E-state index contributed by atoms with van der Waals surface area (Å²) in [5.41, 5.74) is 5.63. The SMILES string of the molecule is FC(F)C(F)(F)CC1CNNC1(c1ccc(Cl)cc1)c1cccs1. The van der Waals surface area contributed by atoms with Crippen LogP contribution >= 0.6 is 22.9 Å². The van der Waals surface area contributed by atoms with Crippen molar-refractivity contribution < 1.29 is 17.6 Å². The standard InChI is InChI=1S/C16H15ClF4N2S/c17-12-5-3-10(4-6-12)16(13-2-1-7-24-13)11(9-22-23-16)8-15(20,21)14(18)19/h1-7,11,14,22-23H,8-9H2. The van der Waals surface area contributed by atoms with Crippen LogP contribution in [0.15, 0.2) is 41.8 Å². The minimum absolute atomic E-state index is 0.156. The fourth-order valence-corrected chi connectivity index (χ4v) is 4.25. The molecule has 1 fully saturated rings. The lowest BCUT2D eigenvalue weighted by molar-refractivity contribution is -0.142. The van der Waals surface area contributed by atoms with Gasteiger partial charge in [-0.15, -0.1) is 11.3 Å². The Morgan fingerprint density at radius 2 is 1.96 bits per heavy atom. The highest BCUT2D eigenvalue weighted by Crippen LogP contribution is 2.46. The maximum Gasteiger partial charge on any atom is 0.307 e. The van der Waals surface area contributed by atoms with Crippen molar-refractivity contribution in [2.75, 3.05) is 6.54 Å². The molecule has 8 heteroatoms. The molecule has 2 heterocycles. The molecule has 0 bridgehead atoms. The van der Waals surface area contributed by atoms with Crippen molar-refractivity contribution in [3.63, 3.8) is 0 Å². The predicted octanol–water partition coefficient (Wildman–Crippen LogP) is 4.66. The number of alkyl halides is 4. The summed E-state index contributed by atoms with van der Waals surface area (Å²) >= 11 is 7.31. The Balaban J connectivity index is 2.06. The lowest BCUT2D eigenvalue weighted by Crippen LogP contribution is -2.47. The average molecular weight is 379 g/mol. The summed E-state index contributed by atoms with van der Waals surface area (Å²) < 4.78 is 52.9. The van der Waals surface area contributed by atoms with Crippen LogP contribution in [0.3, 0.4) is 0 Å². The van der Waals surface area contributed by atoms with Gasteiger partial charge in [-0.2, -0.15) is 0 Å². The first-order chi connectivity index (χ1) is 11.4. The van der Waals surface area contributed by atoms with Crippen molar-refractivity contribution in [3.05, 3.63) is 57.2 Å². The number of rotatable bonds is 5. The van der Waals surface area contributed by atoms with Gasteiger partial charge in [0.1, 0.15) is 0 Å². The van der Waals surface area contributed by atoms with Gasteiger partial charge in [0, 0.05) is 28.8 Å². The first kappa shape index (κ1) is 17.7. The van der Waals surface area contributed by atoms with Crippen LogP contribution in [-0.2, 0) is 5.54 Å². The van der Waals surface area contributed by atoms with Gasteiger partial charge in [-0.05, 0) is 29.1 Å². The Bertz CT molecular complexity index is 678. The number of benzene rings is 1. The molecule has 24 heavy (non-hydrogen) atoms. The van der Waals surface area contributed by atoms with Crippen LogP contribution in [0.5, 0.6) is 0 Å². The third-order valence-electron chi connectivity index (χ3n) is 4.29. The van der Waals surface area contributed by atoms with Crippen LogP contribution in [-0.4, -0.2) is 18.9 Å². The van der Waals surface area contributed by atoms with Gasteiger partial charge in [-0.25, -0.2) is 23.0 Å². The molecule has 1 aliphatic heterocycles. The molecule has 1 aliphatic rings. The summed E-state index contributed by atoms with van der Waals surface area (Å²) in [4.78, 5) is 0.782. The van der Waals surface area contributed by atoms with Gasteiger partial charge in [0.15, 0.2) is 0 Å². The van der Waals surface area contributed by atoms with Gasteiger partial charge < -0.3 is 0 Å². The molecule has 2 unspecified atom stereocenters. The zero-order valence-electron chi connectivity index (χ0n) is 12.4. The lowest BCUT2D eigenvalue weighted by atomic mass is 9.75. The molecule has 0 radical (unpaired) electrons. The lowest BCUT2D eigenvalue weighted by Gasteiger charge is -2.36. The van der Waals surface area contributed by atoms with E-state index in [9.17, 15) is 17.6 Å². The quantitative estimate of drug-likeness (QED) is 0.739. The Hall–Kier alpha value is -1.15. The molecule has 130 valence electrons. The van der Waals surface area contributed by atoms with Gasteiger partial charge in [0.25, 0.3) is 0 Å². The summed E-state index contributed by atoms with van der Waals surface area (Å²) in [5, 5.41) is 2.34. The fraction of sp³-hybridized carbons (Fsp3) is 0.375. The van der Waals surface area contributed by atoms with Gasteiger partial charge in [-0.3, -0.25) is 5.43 Å². The Labute approximate surface area is 145 Å². The van der Waals surface area contributed by atoms with Crippen LogP contribution in [0.2, 0.25) is 5.02 Å². The molecule has 1 aromatic heterocycles. The molecule has 1 aromatic carbocycles. The Kier molecular flexibility index (Phi) is 4.88. The van der Waals surface area contributed by atoms with E-state index in [0.717, 1.165) is 4.88 Å². The van der Waals surface area contributed by atoms with Gasteiger partial charge >= 0.3 is 12.3 Å². The van der Waals surface area contributed by atoms with Crippen molar-refractivity contribution in [3.8, 4) is 0 Å². The van der Waals surface area contributed by atoms with E-state index in [-0.39, 0.29) is 6.54 Å². The number of halogens is 5. The number of hydrogen-bond donors (Lipinski definition) is 2. The number of hydrogen-bond acceptors (Lipinski definition) is 3. The maximum absolute atomic E-state index is 13.7. The monoisotopic (exact) mass is 378 g/mol. The van der Waals surface area contributed by atoms with E-state index in [1.165, 1.54) is 11.3 Å². The molecule has 0 spiro atoms. The van der Waals surface area contributed by atoms with E-state index in [2.05, 4.69) is 10.9 Å². The zero-order chi connectivity index (χ0) is 17.4. The molecular weight excluding hydrogens is 364 g/mol. The van der Waals surface area contributed by atoms with E-state index < -0.39 is 30.2 Å². The molecule has 2 nitrogen and oxygen atoms in total. The third kappa shape index (κ3) is 3.06. The summed E-state index contributed by atoms with van der Waals surface area (Å²) in [6, 6.07) is 10.4. The first-order valence-electron chi connectivity index (χ1n) is 7.32. The molecule has 0 saturated carbocycles. The van der Waals surface area contributed by atoms with E-state index in [4.69, 9.17) is 11.6 Å². The second kappa shape index (κ2) is 6.63. The highest BCUT2D eigenvalue weighted by atomic mass is 35.5. The summed E-state index contributed by atoms with van der Waals surface area (Å²) in [6.07, 6.45) is -4.62. The van der Waals surface area contributed by atoms with Crippen molar-refractivity contribution in [2.24, 2.45) is 5.92 Å². The van der Waals surface area contributed by atoms with Crippen LogP contribution in [0.4, 0.5) is 17.6 Å². The topological polar surface area (TPSA) is 24.1 Å². The highest BCUT2D eigenvalue weighted by Gasteiger charge is 2.53. The smallest absolute Gasteiger partial charge is 0.256 e. The molecule has 2 atom stereocenters. The Morgan fingerprint density at radius 1 is 1.25 bits per heavy atom. The van der Waals surface area contributed by atoms with Gasteiger partial charge in [0.2, 0.25) is 0 Å². The van der Waals surface area contributed by atoms with Crippen molar-refractivity contribution in [1.29, 1.82) is 0 Å². The molecule has 0 amide bonds. The minimum atomic E-state index is -4.05. The summed E-state index contributed by atoms with van der Waals surface area (Å²) in [5.74, 6) is -4.80. The molecular formula is C16H15ClF4N2S. The Morgan fingerprint density at radius 3 is 2.54 bits per heavy atom. The second-order valence-electron chi connectivity index (χ2n) is 5.76. The van der Waals surface area contributed by atoms with Gasteiger partial charge in [-0.1, -0.05) is 29.8 Å². The van der Waals surface area contributed by atoms with Crippen LogP contribution in [0.25, 0.3) is 0 Å². The molecule has 1 saturated heterocycles. The van der Waals surface area contributed by atoms with Gasteiger partial charge in [0.05, 0.1) is 5.54 Å². The molecule has 3 rings (SSSR count). The normalized spacial score (nSPS) is 24.7.